The third kappa shape index (κ3) is 4.25. The van der Waals surface area contributed by atoms with E-state index in [2.05, 4.69) is 10.2 Å². The summed E-state index contributed by atoms with van der Waals surface area (Å²) in [5, 5.41) is 4.01. The maximum atomic E-state index is 12.9. The van der Waals surface area contributed by atoms with Gasteiger partial charge in [-0.15, -0.1) is 0 Å². The average Bonchev–Trinajstić information content (AvgIpc) is 2.85. The van der Waals surface area contributed by atoms with E-state index in [1.165, 1.54) is 0 Å². The third-order valence-corrected chi connectivity index (χ3v) is 5.11. The van der Waals surface area contributed by atoms with E-state index in [1.54, 1.807) is 19.0 Å². The summed E-state index contributed by atoms with van der Waals surface area (Å²) in [6.45, 7) is 3.39. The van der Waals surface area contributed by atoms with Gasteiger partial charge in [-0.05, 0) is 30.2 Å². The minimum atomic E-state index is -0.219. The second-order valence-corrected chi connectivity index (χ2v) is 7.38. The molecule has 0 aliphatic carbocycles. The van der Waals surface area contributed by atoms with Gasteiger partial charge in [0.2, 0.25) is 11.8 Å². The predicted octanol–water partition coefficient (Wildman–Crippen LogP) is 1.30. The van der Waals surface area contributed by atoms with Crippen LogP contribution in [-0.2, 0) is 16.0 Å². The molecule has 0 aromatic heterocycles. The van der Waals surface area contributed by atoms with Crippen LogP contribution in [0.3, 0.4) is 0 Å². The van der Waals surface area contributed by atoms with E-state index >= 15 is 0 Å². The maximum absolute atomic E-state index is 12.9. The first-order chi connectivity index (χ1) is 11.9. The van der Waals surface area contributed by atoms with Crippen molar-refractivity contribution in [2.24, 2.45) is 0 Å². The molecular formula is C18H25ClN4O2. The summed E-state index contributed by atoms with van der Waals surface area (Å²) in [5.74, 6) is 0.234. The van der Waals surface area contributed by atoms with Gasteiger partial charge >= 0.3 is 0 Å². The zero-order valence-electron chi connectivity index (χ0n) is 14.8. The average molecular weight is 365 g/mol. The van der Waals surface area contributed by atoms with Crippen LogP contribution in [0.2, 0.25) is 5.02 Å². The van der Waals surface area contributed by atoms with Gasteiger partial charge in [-0.2, -0.15) is 0 Å². The van der Waals surface area contributed by atoms with Crippen LogP contribution in [-0.4, -0.2) is 79.4 Å². The number of rotatable bonds is 3. The molecule has 3 rings (SSSR count). The topological polar surface area (TPSA) is 55.9 Å². The number of carbonyl (C=O) groups excluding carboxylic acids is 2. The minimum absolute atomic E-state index is 0.101. The number of benzene rings is 1. The molecule has 0 saturated carbocycles. The molecule has 1 fully saturated rings. The molecule has 1 N–H and O–H groups in total. The highest BCUT2D eigenvalue weighted by molar-refractivity contribution is 6.30. The van der Waals surface area contributed by atoms with Crippen LogP contribution in [0.15, 0.2) is 18.2 Å². The molecule has 0 spiro atoms. The summed E-state index contributed by atoms with van der Waals surface area (Å²) in [6, 6.07) is 5.48. The molecule has 25 heavy (non-hydrogen) atoms. The fourth-order valence-corrected chi connectivity index (χ4v) is 3.58. The molecule has 2 aliphatic heterocycles. The van der Waals surface area contributed by atoms with Crippen molar-refractivity contribution in [2.45, 2.75) is 18.9 Å². The standard InChI is InChI=1S/C18H25ClN4O2/c1-21(2)17(24)12-22-6-3-7-23(9-8-22)18(25)16-11-13-10-14(19)4-5-15(13)20-16/h4-5,10,16,20H,3,6-9,11-12H2,1-2H3/t16-/m1/s1. The Bertz CT molecular complexity index is 664. The first kappa shape index (κ1) is 18.0. The Morgan fingerprint density at radius 2 is 2.04 bits per heavy atom. The molecule has 0 radical (unpaired) electrons. The lowest BCUT2D eigenvalue weighted by atomic mass is 10.1. The van der Waals surface area contributed by atoms with E-state index < -0.39 is 0 Å². The Labute approximate surface area is 153 Å². The molecule has 136 valence electrons. The Balaban J connectivity index is 1.56. The number of carbonyl (C=O) groups is 2. The number of hydrogen-bond acceptors (Lipinski definition) is 4. The number of likely N-dealkylation sites (N-methyl/N-ethyl adjacent to an activating group) is 1. The molecule has 2 aliphatic rings. The Kier molecular flexibility index (Phi) is 5.49. The number of amides is 2. The summed E-state index contributed by atoms with van der Waals surface area (Å²) >= 11 is 6.04. The molecule has 1 aromatic carbocycles. The largest absolute Gasteiger partial charge is 0.373 e. The van der Waals surface area contributed by atoms with Gasteiger partial charge in [0.15, 0.2) is 0 Å². The summed E-state index contributed by atoms with van der Waals surface area (Å²) in [4.78, 5) is 30.4. The SMILES string of the molecule is CN(C)C(=O)CN1CCCN(C(=O)[C@H]2Cc3cc(Cl)ccc3N2)CC1. The van der Waals surface area contributed by atoms with E-state index in [0.29, 0.717) is 24.5 Å². The van der Waals surface area contributed by atoms with Crippen LogP contribution >= 0.6 is 11.6 Å². The van der Waals surface area contributed by atoms with Crippen molar-refractivity contribution in [3.05, 3.63) is 28.8 Å². The first-order valence-electron chi connectivity index (χ1n) is 8.70. The van der Waals surface area contributed by atoms with Crippen LogP contribution in [0.5, 0.6) is 0 Å². The van der Waals surface area contributed by atoms with Crippen LogP contribution in [0.1, 0.15) is 12.0 Å². The summed E-state index contributed by atoms with van der Waals surface area (Å²) in [6.07, 6.45) is 1.56. The van der Waals surface area contributed by atoms with Crippen molar-refractivity contribution in [3.8, 4) is 0 Å². The van der Waals surface area contributed by atoms with Crippen molar-refractivity contribution in [2.75, 3.05) is 52.1 Å². The zero-order chi connectivity index (χ0) is 18.0. The van der Waals surface area contributed by atoms with Gasteiger partial charge in [0.05, 0.1) is 6.54 Å². The van der Waals surface area contributed by atoms with E-state index in [0.717, 1.165) is 37.3 Å². The van der Waals surface area contributed by atoms with Crippen LogP contribution in [0.4, 0.5) is 5.69 Å². The molecular weight excluding hydrogens is 340 g/mol. The van der Waals surface area contributed by atoms with E-state index in [-0.39, 0.29) is 17.9 Å². The molecule has 6 nitrogen and oxygen atoms in total. The van der Waals surface area contributed by atoms with Crippen LogP contribution < -0.4 is 5.32 Å². The lowest BCUT2D eigenvalue weighted by molar-refractivity contribution is -0.131. The zero-order valence-corrected chi connectivity index (χ0v) is 15.6. The number of nitrogens with zero attached hydrogens (tertiary/aromatic N) is 3. The molecule has 0 bridgehead atoms. The number of halogens is 1. The lowest BCUT2D eigenvalue weighted by Gasteiger charge is -2.25. The second-order valence-electron chi connectivity index (χ2n) is 6.95. The van der Waals surface area contributed by atoms with Crippen molar-refractivity contribution < 1.29 is 9.59 Å². The molecule has 7 heteroatoms. The molecule has 1 saturated heterocycles. The maximum Gasteiger partial charge on any atom is 0.245 e. The van der Waals surface area contributed by atoms with Gasteiger partial charge in [0, 0.05) is 57.4 Å². The highest BCUT2D eigenvalue weighted by Crippen LogP contribution is 2.29. The van der Waals surface area contributed by atoms with Crippen LogP contribution in [0, 0.1) is 0 Å². The normalized spacial score (nSPS) is 20.6. The molecule has 1 atom stereocenters. The number of nitrogens with one attached hydrogen (secondary N) is 1. The van der Waals surface area contributed by atoms with Gasteiger partial charge in [-0.1, -0.05) is 11.6 Å². The summed E-state index contributed by atoms with van der Waals surface area (Å²) in [5.41, 5.74) is 2.09. The number of fused-ring (bicyclic) bond motifs is 1. The van der Waals surface area contributed by atoms with Gasteiger partial charge in [-0.25, -0.2) is 0 Å². The van der Waals surface area contributed by atoms with E-state index in [1.807, 2.05) is 23.1 Å². The highest BCUT2D eigenvalue weighted by Gasteiger charge is 2.31. The second kappa shape index (κ2) is 7.62. The quantitative estimate of drug-likeness (QED) is 0.878. The molecule has 1 aromatic rings. The number of anilines is 1. The number of hydrogen-bond donors (Lipinski definition) is 1. The van der Waals surface area contributed by atoms with Crippen molar-refractivity contribution >= 4 is 29.1 Å². The monoisotopic (exact) mass is 364 g/mol. The Morgan fingerprint density at radius 1 is 1.24 bits per heavy atom. The summed E-state index contributed by atoms with van der Waals surface area (Å²) in [7, 11) is 3.54. The Morgan fingerprint density at radius 3 is 2.80 bits per heavy atom. The third-order valence-electron chi connectivity index (χ3n) is 4.88. The van der Waals surface area contributed by atoms with E-state index in [4.69, 9.17) is 11.6 Å². The highest BCUT2D eigenvalue weighted by atomic mass is 35.5. The van der Waals surface area contributed by atoms with Crippen molar-refractivity contribution in [1.29, 1.82) is 0 Å². The Hall–Kier alpha value is -1.79. The van der Waals surface area contributed by atoms with Gasteiger partial charge in [0.1, 0.15) is 6.04 Å². The van der Waals surface area contributed by atoms with Gasteiger partial charge in [0.25, 0.3) is 0 Å². The first-order valence-corrected chi connectivity index (χ1v) is 9.08. The van der Waals surface area contributed by atoms with E-state index in [9.17, 15) is 9.59 Å². The fourth-order valence-electron chi connectivity index (χ4n) is 3.38. The van der Waals surface area contributed by atoms with Crippen LogP contribution in [0.25, 0.3) is 0 Å². The van der Waals surface area contributed by atoms with Gasteiger partial charge in [-0.3, -0.25) is 14.5 Å². The van der Waals surface area contributed by atoms with Gasteiger partial charge < -0.3 is 15.1 Å². The smallest absolute Gasteiger partial charge is 0.245 e. The predicted molar refractivity (Wildman–Crippen MR) is 98.9 cm³/mol. The van der Waals surface area contributed by atoms with Crippen molar-refractivity contribution in [1.82, 2.24) is 14.7 Å². The van der Waals surface area contributed by atoms with Crippen molar-refractivity contribution in [3.63, 3.8) is 0 Å². The molecule has 2 heterocycles. The molecule has 2 amide bonds. The molecule has 0 unspecified atom stereocenters. The lowest BCUT2D eigenvalue weighted by Crippen LogP contribution is -2.44. The summed E-state index contributed by atoms with van der Waals surface area (Å²) < 4.78 is 0. The fraction of sp³-hybridized carbons (Fsp3) is 0.556. The minimum Gasteiger partial charge on any atom is -0.373 e.